The highest BCUT2D eigenvalue weighted by Crippen LogP contribution is 2.31. The topological polar surface area (TPSA) is 164 Å². The molecule has 14 heteroatoms. The van der Waals surface area contributed by atoms with Crippen LogP contribution in [0.1, 0.15) is 48.0 Å². The second-order valence-electron chi connectivity index (χ2n) is 9.74. The van der Waals surface area contributed by atoms with E-state index in [0.29, 0.717) is 40.2 Å². The summed E-state index contributed by atoms with van der Waals surface area (Å²) in [6, 6.07) is 16.0. The summed E-state index contributed by atoms with van der Waals surface area (Å²) in [5.74, 6) is -0.420. The van der Waals surface area contributed by atoms with Gasteiger partial charge in [-0.1, -0.05) is 55.3 Å². The van der Waals surface area contributed by atoms with Crippen LogP contribution in [0.3, 0.4) is 0 Å². The van der Waals surface area contributed by atoms with Crippen molar-refractivity contribution in [1.82, 2.24) is 26.2 Å². The zero-order valence-corrected chi connectivity index (χ0v) is 24.8. The quantitative estimate of drug-likeness (QED) is 0.0655. The summed E-state index contributed by atoms with van der Waals surface area (Å²) >= 11 is 2.73. The highest BCUT2D eigenvalue weighted by Gasteiger charge is 2.39. The molecule has 1 aliphatic heterocycles. The summed E-state index contributed by atoms with van der Waals surface area (Å²) in [5, 5.41) is 31.6. The summed E-state index contributed by atoms with van der Waals surface area (Å²) in [6.45, 7) is 0.557. The molecule has 0 radical (unpaired) electrons. The molecule has 0 aliphatic carbocycles. The first-order chi connectivity index (χ1) is 21.0. The number of carbonyl (C=O) groups excluding carboxylic acids is 2. The first kappa shape index (κ1) is 30.4. The average molecular weight is 621 g/mol. The number of aliphatic hydroxyl groups excluding tert-OH is 1. The normalized spacial score (nSPS) is 15.4. The van der Waals surface area contributed by atoms with Crippen molar-refractivity contribution in [1.29, 1.82) is 0 Å². The summed E-state index contributed by atoms with van der Waals surface area (Å²) < 4.78 is 0. The second-order valence-corrected chi connectivity index (χ2v) is 11.5. The number of carbonyl (C=O) groups is 2. The van der Waals surface area contributed by atoms with E-state index in [0.717, 1.165) is 36.8 Å². The van der Waals surface area contributed by atoms with Crippen LogP contribution in [-0.2, 0) is 4.79 Å². The van der Waals surface area contributed by atoms with E-state index in [4.69, 9.17) is 5.21 Å². The highest BCUT2D eigenvalue weighted by atomic mass is 32.1. The number of nitrogens with zero attached hydrogens (tertiary/aromatic N) is 4. The molecule has 43 heavy (non-hydrogen) atoms. The monoisotopic (exact) mass is 620 g/mol. The van der Waals surface area contributed by atoms with Gasteiger partial charge in [0, 0.05) is 40.2 Å². The zero-order valence-electron chi connectivity index (χ0n) is 23.1. The number of hydrazine groups is 1. The molecule has 2 aromatic heterocycles. The molecule has 0 saturated carbocycles. The van der Waals surface area contributed by atoms with Gasteiger partial charge < -0.3 is 15.6 Å². The number of benzene rings is 2. The van der Waals surface area contributed by atoms with Crippen molar-refractivity contribution in [2.45, 2.75) is 44.4 Å². The molecule has 2 amide bonds. The number of anilines is 2. The molecule has 2 aromatic carbocycles. The molecule has 224 valence electrons. The van der Waals surface area contributed by atoms with Crippen molar-refractivity contribution in [3.63, 3.8) is 0 Å². The molecule has 1 aliphatic rings. The van der Waals surface area contributed by atoms with E-state index in [9.17, 15) is 14.7 Å². The van der Waals surface area contributed by atoms with Gasteiger partial charge in [-0.25, -0.2) is 15.4 Å². The van der Waals surface area contributed by atoms with E-state index in [2.05, 4.69) is 31.2 Å². The van der Waals surface area contributed by atoms with Crippen molar-refractivity contribution >= 4 is 50.5 Å². The van der Waals surface area contributed by atoms with Crippen LogP contribution < -0.4 is 26.7 Å². The van der Waals surface area contributed by atoms with Gasteiger partial charge in [0.15, 0.2) is 11.2 Å². The molecule has 2 unspecified atom stereocenters. The number of hydrazone groups is 1. The fourth-order valence-corrected chi connectivity index (χ4v) is 5.72. The minimum atomic E-state index is -0.894. The molecular formula is C29H32N8O4S2. The molecular weight excluding hydrogens is 589 g/mol. The Labute approximate surface area is 256 Å². The fourth-order valence-electron chi connectivity index (χ4n) is 4.44. The third kappa shape index (κ3) is 7.87. The molecule has 0 saturated heterocycles. The molecule has 3 heterocycles. The third-order valence-corrected chi connectivity index (χ3v) is 8.22. The lowest BCUT2D eigenvalue weighted by molar-refractivity contribution is -0.118. The van der Waals surface area contributed by atoms with Crippen molar-refractivity contribution in [3.05, 3.63) is 82.7 Å². The van der Waals surface area contributed by atoms with E-state index in [1.807, 2.05) is 58.7 Å². The molecule has 0 bridgehead atoms. The molecule has 0 fully saturated rings. The number of unbranched alkanes of at least 4 members (excludes halogenated alkanes) is 3. The van der Waals surface area contributed by atoms with Gasteiger partial charge in [-0.05, 0) is 31.4 Å². The van der Waals surface area contributed by atoms with Gasteiger partial charge in [-0.3, -0.25) is 15.0 Å². The summed E-state index contributed by atoms with van der Waals surface area (Å²) in [6.07, 6.45) is 4.70. The van der Waals surface area contributed by atoms with Crippen LogP contribution >= 0.6 is 22.7 Å². The number of hydroxylamine groups is 1. The number of hydrogen-bond acceptors (Lipinski definition) is 12. The van der Waals surface area contributed by atoms with E-state index in [1.54, 1.807) is 18.3 Å². The first-order valence-electron chi connectivity index (χ1n) is 13.8. The van der Waals surface area contributed by atoms with Crippen LogP contribution in [0, 0.1) is 0 Å². The largest absolute Gasteiger partial charge is 0.377 e. The Balaban J connectivity index is 1.19. The first-order valence-corrected chi connectivity index (χ1v) is 15.6. The van der Waals surface area contributed by atoms with Gasteiger partial charge in [0.05, 0.1) is 11.4 Å². The Kier molecular flexibility index (Phi) is 10.5. The van der Waals surface area contributed by atoms with Crippen LogP contribution in [0.25, 0.3) is 11.3 Å². The lowest BCUT2D eigenvalue weighted by Gasteiger charge is -2.14. The summed E-state index contributed by atoms with van der Waals surface area (Å²) in [5.41, 5.74) is 11.3. The number of thiazole rings is 2. The predicted molar refractivity (Wildman–Crippen MR) is 167 cm³/mol. The molecule has 6 N–H and O–H groups in total. The number of rotatable bonds is 15. The summed E-state index contributed by atoms with van der Waals surface area (Å²) in [4.78, 5) is 35.0. The number of nitrogens with one attached hydrogen (secondary N) is 4. The second kappa shape index (κ2) is 14.9. The van der Waals surface area contributed by atoms with Crippen LogP contribution in [-0.4, -0.2) is 56.6 Å². The predicted octanol–water partition coefficient (Wildman–Crippen LogP) is 3.98. The third-order valence-electron chi connectivity index (χ3n) is 6.72. The van der Waals surface area contributed by atoms with Crippen molar-refractivity contribution in [3.8, 4) is 11.3 Å². The number of aromatic nitrogens is 2. The van der Waals surface area contributed by atoms with Crippen molar-refractivity contribution in [2.24, 2.45) is 5.10 Å². The van der Waals surface area contributed by atoms with E-state index in [-0.39, 0.29) is 11.8 Å². The van der Waals surface area contributed by atoms with Crippen LogP contribution in [0.2, 0.25) is 0 Å². The maximum Gasteiger partial charge on any atom is 0.274 e. The molecule has 5 rings (SSSR count). The smallest absolute Gasteiger partial charge is 0.274 e. The Morgan fingerprint density at radius 2 is 1.79 bits per heavy atom. The molecule has 2 atom stereocenters. The van der Waals surface area contributed by atoms with Crippen molar-refractivity contribution in [2.75, 3.05) is 17.0 Å². The average Bonchev–Trinajstić information content (AvgIpc) is 3.81. The van der Waals surface area contributed by atoms with Crippen LogP contribution in [0.5, 0.6) is 0 Å². The van der Waals surface area contributed by atoms with Gasteiger partial charge in [-0.15, -0.1) is 22.7 Å². The summed E-state index contributed by atoms with van der Waals surface area (Å²) in [7, 11) is 0. The van der Waals surface area contributed by atoms with Crippen LogP contribution in [0.15, 0.2) is 76.7 Å². The number of hydrogen-bond donors (Lipinski definition) is 6. The molecule has 0 spiro atoms. The van der Waals surface area contributed by atoms with Gasteiger partial charge in [0.25, 0.3) is 11.8 Å². The lowest BCUT2D eigenvalue weighted by Crippen LogP contribution is -2.46. The van der Waals surface area contributed by atoms with E-state index < -0.39 is 12.3 Å². The zero-order chi connectivity index (χ0) is 30.0. The van der Waals surface area contributed by atoms with Gasteiger partial charge in [0.2, 0.25) is 5.13 Å². The Bertz CT molecular complexity index is 1510. The maximum atomic E-state index is 13.5. The number of aliphatic hydroxyl groups is 1. The minimum Gasteiger partial charge on any atom is -0.377 e. The standard InChI is InChI=1S/C29H32N8O4S2/c38-23(36-41)10-6-1-2-7-15-30-26(39)21-13-11-19(12-14-21)22-18-43-29(32-22)37-27(40)25(33-34-28-31-16-17-42-28)24(35-37)20-8-4-3-5-9-20/h3-5,8-9,11-14,16-18,23,25,33,36,38,41H,1-2,6-7,10,15H2,(H,30,39)(H,31,34). The van der Waals surface area contributed by atoms with Gasteiger partial charge >= 0.3 is 0 Å². The molecule has 12 nitrogen and oxygen atoms in total. The SMILES string of the molecule is O=C(NCCCCCCC(O)NO)c1ccc(-c2csc(N3N=C(c4ccccc4)C(NNc4nccs4)C3=O)n2)cc1. The maximum absolute atomic E-state index is 13.5. The van der Waals surface area contributed by atoms with Gasteiger partial charge in [-0.2, -0.15) is 15.6 Å². The van der Waals surface area contributed by atoms with Gasteiger partial charge in [0.1, 0.15) is 6.23 Å². The van der Waals surface area contributed by atoms with E-state index >= 15 is 0 Å². The molecule has 4 aromatic rings. The Morgan fingerprint density at radius 1 is 1.00 bits per heavy atom. The van der Waals surface area contributed by atoms with Crippen molar-refractivity contribution < 1.29 is 19.9 Å². The minimum absolute atomic E-state index is 0.152. The Morgan fingerprint density at radius 3 is 2.53 bits per heavy atom. The lowest BCUT2D eigenvalue weighted by atomic mass is 10.0. The number of amides is 2. The Hall–Kier alpha value is -4.05. The highest BCUT2D eigenvalue weighted by molar-refractivity contribution is 7.14. The van der Waals surface area contributed by atoms with E-state index in [1.165, 1.54) is 27.7 Å². The van der Waals surface area contributed by atoms with Crippen LogP contribution in [0.4, 0.5) is 10.3 Å². The fraction of sp³-hybridized carbons (Fsp3) is 0.276.